The monoisotopic (exact) mass is 480 g/mol. The van der Waals surface area contributed by atoms with Gasteiger partial charge in [0.2, 0.25) is 0 Å². The Kier molecular flexibility index (Phi) is 4.61. The van der Waals surface area contributed by atoms with Gasteiger partial charge >= 0.3 is 0 Å². The summed E-state index contributed by atoms with van der Waals surface area (Å²) in [4.78, 5) is 18.9. The maximum absolute atomic E-state index is 13.8. The van der Waals surface area contributed by atoms with Crippen LogP contribution >= 0.6 is 27.7 Å². The Labute approximate surface area is 189 Å². The average Bonchev–Trinajstić information content (AvgIpc) is 2.71. The van der Waals surface area contributed by atoms with Crippen molar-refractivity contribution >= 4 is 38.6 Å². The maximum Gasteiger partial charge on any atom is 0.262 e. The van der Waals surface area contributed by atoms with E-state index in [9.17, 15) is 4.79 Å². The molecule has 0 radical (unpaired) electrons. The third-order valence-electron chi connectivity index (χ3n) is 7.48. The van der Waals surface area contributed by atoms with E-state index in [4.69, 9.17) is 4.98 Å². The summed E-state index contributed by atoms with van der Waals surface area (Å²) >= 11 is 5.29. The van der Waals surface area contributed by atoms with Crippen molar-refractivity contribution in [2.24, 2.45) is 17.8 Å². The number of para-hydroxylation sites is 1. The Morgan fingerprint density at radius 3 is 2.40 bits per heavy atom. The summed E-state index contributed by atoms with van der Waals surface area (Å²) in [6.07, 6.45) is 7.58. The third-order valence-corrected chi connectivity index (χ3v) is 8.99. The molecule has 3 nitrogen and oxygen atoms in total. The molecule has 0 saturated heterocycles. The minimum atomic E-state index is -0.0253. The van der Waals surface area contributed by atoms with Crippen molar-refractivity contribution in [1.82, 2.24) is 9.55 Å². The van der Waals surface area contributed by atoms with Gasteiger partial charge in [-0.3, -0.25) is 9.36 Å². The maximum atomic E-state index is 13.8. The first kappa shape index (κ1) is 19.1. The number of thioether (sulfide) groups is 1. The predicted octanol–water partition coefficient (Wildman–Crippen LogP) is 6.38. The van der Waals surface area contributed by atoms with Gasteiger partial charge in [-0.15, -0.1) is 0 Å². The van der Waals surface area contributed by atoms with Crippen molar-refractivity contribution in [3.8, 4) is 0 Å². The van der Waals surface area contributed by atoms with Crippen LogP contribution in [0.2, 0.25) is 0 Å². The van der Waals surface area contributed by atoms with Gasteiger partial charge in [-0.2, -0.15) is 0 Å². The Morgan fingerprint density at radius 1 is 1.00 bits per heavy atom. The lowest BCUT2D eigenvalue weighted by Crippen LogP contribution is -2.55. The SMILES string of the molecule is O=c1c2ccccc2nc(SCc2cccc(Br)c2)n1C12CC3CC(CC(C3)C1)C2. The number of hydrogen-bond acceptors (Lipinski definition) is 3. The van der Waals surface area contributed by atoms with E-state index >= 15 is 0 Å². The van der Waals surface area contributed by atoms with Crippen molar-refractivity contribution in [2.45, 2.75) is 55.0 Å². The Balaban J connectivity index is 1.47. The van der Waals surface area contributed by atoms with Crippen LogP contribution in [0.4, 0.5) is 0 Å². The average molecular weight is 481 g/mol. The van der Waals surface area contributed by atoms with E-state index in [2.05, 4.69) is 38.7 Å². The van der Waals surface area contributed by atoms with E-state index < -0.39 is 0 Å². The van der Waals surface area contributed by atoms with Crippen LogP contribution in [0.5, 0.6) is 0 Å². The highest BCUT2D eigenvalue weighted by Gasteiger charge is 2.53. The summed E-state index contributed by atoms with van der Waals surface area (Å²) in [7, 11) is 0. The zero-order valence-corrected chi connectivity index (χ0v) is 19.3. The smallest absolute Gasteiger partial charge is 0.262 e. The number of aromatic nitrogens is 2. The number of halogens is 1. The normalized spacial score (nSPS) is 29.6. The lowest BCUT2D eigenvalue weighted by molar-refractivity contribution is -0.0496. The number of fused-ring (bicyclic) bond motifs is 1. The number of benzene rings is 2. The molecule has 0 unspecified atom stereocenters. The Hall–Kier alpha value is -1.59. The highest BCUT2D eigenvalue weighted by Crippen LogP contribution is 2.59. The number of rotatable bonds is 4. The zero-order valence-electron chi connectivity index (χ0n) is 16.9. The third kappa shape index (κ3) is 3.16. The Morgan fingerprint density at radius 2 is 1.70 bits per heavy atom. The quantitative estimate of drug-likeness (QED) is 0.321. The van der Waals surface area contributed by atoms with Gasteiger partial charge in [0.05, 0.1) is 16.4 Å². The van der Waals surface area contributed by atoms with E-state index in [-0.39, 0.29) is 11.1 Å². The molecule has 1 heterocycles. The molecule has 4 aliphatic rings. The molecule has 154 valence electrons. The van der Waals surface area contributed by atoms with Crippen LogP contribution in [0.3, 0.4) is 0 Å². The first-order valence-electron chi connectivity index (χ1n) is 11.0. The highest BCUT2D eigenvalue weighted by atomic mass is 79.9. The molecule has 0 aliphatic heterocycles. The van der Waals surface area contributed by atoms with Crippen molar-refractivity contribution in [3.63, 3.8) is 0 Å². The van der Waals surface area contributed by atoms with Gasteiger partial charge in [0.15, 0.2) is 5.16 Å². The summed E-state index contributed by atoms with van der Waals surface area (Å²) < 4.78 is 3.24. The zero-order chi connectivity index (χ0) is 20.3. The lowest BCUT2D eigenvalue weighted by Gasteiger charge is -2.57. The predicted molar refractivity (Wildman–Crippen MR) is 126 cm³/mol. The molecule has 0 amide bonds. The van der Waals surface area contributed by atoms with Gasteiger partial charge in [-0.1, -0.05) is 52.0 Å². The Bertz CT molecular complexity index is 1150. The fourth-order valence-corrected chi connectivity index (χ4v) is 8.23. The molecular formula is C25H25BrN2OS. The fourth-order valence-electron chi connectivity index (χ4n) is 6.74. The molecule has 4 saturated carbocycles. The van der Waals surface area contributed by atoms with Crippen LogP contribution in [-0.2, 0) is 11.3 Å². The van der Waals surface area contributed by atoms with Gasteiger partial charge in [-0.25, -0.2) is 4.98 Å². The molecule has 4 bridgehead atoms. The summed E-state index contributed by atoms with van der Waals surface area (Å²) in [6, 6.07) is 16.3. The van der Waals surface area contributed by atoms with Crippen LogP contribution in [0.25, 0.3) is 10.9 Å². The van der Waals surface area contributed by atoms with Crippen molar-refractivity contribution in [2.75, 3.05) is 0 Å². The number of hydrogen-bond donors (Lipinski definition) is 0. The molecule has 3 aromatic rings. The molecule has 0 N–H and O–H groups in total. The van der Waals surface area contributed by atoms with E-state index in [0.717, 1.165) is 63.3 Å². The van der Waals surface area contributed by atoms with Gasteiger partial charge < -0.3 is 0 Å². The molecule has 1 aromatic heterocycles. The minimum Gasteiger partial charge on any atom is -0.281 e. The van der Waals surface area contributed by atoms with Crippen LogP contribution < -0.4 is 5.56 Å². The molecule has 2 aromatic carbocycles. The second kappa shape index (κ2) is 7.23. The van der Waals surface area contributed by atoms with Gasteiger partial charge in [-0.05, 0) is 86.1 Å². The summed E-state index contributed by atoms with van der Waals surface area (Å²) in [6.45, 7) is 0. The fraction of sp³-hybridized carbons (Fsp3) is 0.440. The minimum absolute atomic E-state index is 0.0253. The standard InChI is InChI=1S/C25H25BrN2OS/c26-20-5-3-4-16(11-20)15-30-24-27-22-7-2-1-6-21(22)23(29)28(24)25-12-17-8-18(13-25)10-19(9-17)14-25/h1-7,11,17-19H,8-10,12-15H2. The molecule has 30 heavy (non-hydrogen) atoms. The molecule has 5 heteroatoms. The van der Waals surface area contributed by atoms with Gasteiger partial charge in [0, 0.05) is 10.2 Å². The lowest BCUT2D eigenvalue weighted by atomic mass is 9.53. The van der Waals surface area contributed by atoms with Crippen molar-refractivity contribution in [1.29, 1.82) is 0 Å². The van der Waals surface area contributed by atoms with E-state index in [1.54, 1.807) is 11.8 Å². The molecule has 0 spiro atoms. The summed E-state index contributed by atoms with van der Waals surface area (Å²) in [5.74, 6) is 3.18. The second-order valence-corrected chi connectivity index (χ2v) is 11.5. The number of nitrogens with zero attached hydrogens (tertiary/aromatic N) is 2. The molecular weight excluding hydrogens is 456 g/mol. The summed E-state index contributed by atoms with van der Waals surface area (Å²) in [5, 5.41) is 1.67. The van der Waals surface area contributed by atoms with E-state index in [1.807, 2.05) is 30.3 Å². The van der Waals surface area contributed by atoms with E-state index in [1.165, 1.54) is 24.8 Å². The largest absolute Gasteiger partial charge is 0.281 e. The van der Waals surface area contributed by atoms with Gasteiger partial charge in [0.1, 0.15) is 0 Å². The molecule has 0 atom stereocenters. The van der Waals surface area contributed by atoms with Gasteiger partial charge in [0.25, 0.3) is 5.56 Å². The van der Waals surface area contributed by atoms with E-state index in [0.29, 0.717) is 0 Å². The summed E-state index contributed by atoms with van der Waals surface area (Å²) in [5.41, 5.74) is 2.20. The van der Waals surface area contributed by atoms with Crippen molar-refractivity contribution < 1.29 is 0 Å². The second-order valence-electron chi connectivity index (χ2n) is 9.61. The first-order valence-corrected chi connectivity index (χ1v) is 12.8. The molecule has 7 rings (SSSR count). The van der Waals surface area contributed by atoms with Crippen LogP contribution in [0, 0.1) is 17.8 Å². The van der Waals surface area contributed by atoms with Crippen LogP contribution in [-0.4, -0.2) is 9.55 Å². The molecule has 4 aliphatic carbocycles. The molecule has 4 fully saturated rings. The highest BCUT2D eigenvalue weighted by molar-refractivity contribution is 9.10. The van der Waals surface area contributed by atoms with Crippen molar-refractivity contribution in [3.05, 3.63) is 68.9 Å². The topological polar surface area (TPSA) is 34.9 Å². The first-order chi connectivity index (χ1) is 14.6. The van der Waals surface area contributed by atoms with Crippen LogP contribution in [0.15, 0.2) is 63.0 Å². The van der Waals surface area contributed by atoms with Crippen LogP contribution in [0.1, 0.15) is 44.1 Å².